The van der Waals surface area contributed by atoms with Crippen molar-refractivity contribution >= 4 is 0 Å². The third kappa shape index (κ3) is 3.90. The smallest absolute Gasteiger partial charge is 0.181 e. The zero-order valence-corrected chi connectivity index (χ0v) is 9.03. The maximum Gasteiger partial charge on any atom is 0.181 e. The molecule has 0 bridgehead atoms. The van der Waals surface area contributed by atoms with Gasteiger partial charge in [-0.25, -0.2) is 0 Å². The summed E-state index contributed by atoms with van der Waals surface area (Å²) in [6.45, 7) is 6.77. The van der Waals surface area contributed by atoms with E-state index >= 15 is 0 Å². The Morgan fingerprint density at radius 3 is 2.29 bits per heavy atom. The predicted octanol–water partition coefficient (Wildman–Crippen LogP) is 2.74. The molecular weight excluding hydrogens is 176 g/mol. The van der Waals surface area contributed by atoms with Crippen LogP contribution in [0.2, 0.25) is 0 Å². The Morgan fingerprint density at radius 2 is 1.79 bits per heavy atom. The number of hydrogen-bond acceptors (Lipinski definition) is 2. The first kappa shape index (κ1) is 11.2. The third-order valence-corrected chi connectivity index (χ3v) is 1.76. The van der Waals surface area contributed by atoms with Gasteiger partial charge in [0, 0.05) is 5.56 Å². The maximum atomic E-state index is 9.66. The fraction of sp³-hybridized carbons (Fsp3) is 0.500. The molecule has 14 heavy (non-hydrogen) atoms. The molecule has 1 unspecified atom stereocenters. The molecule has 0 spiro atoms. The van der Waals surface area contributed by atoms with E-state index in [0.717, 1.165) is 5.56 Å². The van der Waals surface area contributed by atoms with Crippen molar-refractivity contribution in [3.63, 3.8) is 0 Å². The highest BCUT2D eigenvalue weighted by Gasteiger charge is 2.14. The Balaban J connectivity index is 2.48. The van der Waals surface area contributed by atoms with Gasteiger partial charge in [0.05, 0.1) is 6.61 Å². The second kappa shape index (κ2) is 4.58. The predicted molar refractivity (Wildman–Crippen MR) is 56.8 cm³/mol. The largest absolute Gasteiger partial charge is 0.364 e. The standard InChI is InChI=1S/C12H18O2/c1-12(2,3)9-14-11(13)10-7-5-4-6-8-10/h4-8,11,13H,9H2,1-3H3. The van der Waals surface area contributed by atoms with E-state index in [1.165, 1.54) is 0 Å². The molecule has 1 atom stereocenters. The van der Waals surface area contributed by atoms with Crippen molar-refractivity contribution in [1.29, 1.82) is 0 Å². The molecule has 0 amide bonds. The molecule has 0 fully saturated rings. The second-order valence-corrected chi connectivity index (χ2v) is 4.63. The lowest BCUT2D eigenvalue weighted by Crippen LogP contribution is -2.17. The summed E-state index contributed by atoms with van der Waals surface area (Å²) in [6, 6.07) is 9.40. The SMILES string of the molecule is CC(C)(C)COC(O)c1ccccc1. The Hall–Kier alpha value is -0.860. The van der Waals surface area contributed by atoms with E-state index in [0.29, 0.717) is 6.61 Å². The number of aliphatic hydroxyl groups is 1. The van der Waals surface area contributed by atoms with Crippen LogP contribution in [0.1, 0.15) is 32.6 Å². The number of aliphatic hydroxyl groups excluding tert-OH is 1. The summed E-state index contributed by atoms with van der Waals surface area (Å²) in [7, 11) is 0. The monoisotopic (exact) mass is 194 g/mol. The molecule has 0 heterocycles. The first-order valence-corrected chi connectivity index (χ1v) is 4.84. The summed E-state index contributed by atoms with van der Waals surface area (Å²) in [6.07, 6.45) is -0.810. The molecule has 0 aliphatic carbocycles. The van der Waals surface area contributed by atoms with Gasteiger partial charge in [0.25, 0.3) is 0 Å². The Kier molecular flexibility index (Phi) is 3.67. The highest BCUT2D eigenvalue weighted by atomic mass is 16.6. The van der Waals surface area contributed by atoms with Gasteiger partial charge in [0.2, 0.25) is 0 Å². The molecule has 0 aliphatic rings. The molecule has 78 valence electrons. The van der Waals surface area contributed by atoms with Gasteiger partial charge < -0.3 is 9.84 Å². The van der Waals surface area contributed by atoms with E-state index in [-0.39, 0.29) is 5.41 Å². The van der Waals surface area contributed by atoms with Gasteiger partial charge in [-0.15, -0.1) is 0 Å². The molecule has 1 aromatic rings. The van der Waals surface area contributed by atoms with Crippen LogP contribution in [0.4, 0.5) is 0 Å². The van der Waals surface area contributed by atoms with Gasteiger partial charge in [-0.1, -0.05) is 51.1 Å². The quantitative estimate of drug-likeness (QED) is 0.750. The first-order valence-electron chi connectivity index (χ1n) is 4.84. The average molecular weight is 194 g/mol. The molecule has 0 aromatic heterocycles. The zero-order valence-electron chi connectivity index (χ0n) is 9.03. The highest BCUT2D eigenvalue weighted by Crippen LogP contribution is 2.19. The van der Waals surface area contributed by atoms with Crippen LogP contribution in [-0.2, 0) is 4.74 Å². The van der Waals surface area contributed by atoms with Crippen LogP contribution in [0.5, 0.6) is 0 Å². The van der Waals surface area contributed by atoms with Crippen LogP contribution in [0, 0.1) is 5.41 Å². The lowest BCUT2D eigenvalue weighted by atomic mass is 9.99. The third-order valence-electron chi connectivity index (χ3n) is 1.76. The lowest BCUT2D eigenvalue weighted by molar-refractivity contribution is -0.122. The summed E-state index contributed by atoms with van der Waals surface area (Å²) < 4.78 is 5.35. The summed E-state index contributed by atoms with van der Waals surface area (Å²) >= 11 is 0. The molecule has 0 saturated carbocycles. The number of hydrogen-bond donors (Lipinski definition) is 1. The number of benzene rings is 1. The van der Waals surface area contributed by atoms with Gasteiger partial charge in [0.15, 0.2) is 6.29 Å². The summed E-state index contributed by atoms with van der Waals surface area (Å²) in [5.74, 6) is 0. The van der Waals surface area contributed by atoms with E-state index in [1.54, 1.807) is 0 Å². The highest BCUT2D eigenvalue weighted by molar-refractivity contribution is 5.15. The molecule has 2 nitrogen and oxygen atoms in total. The minimum Gasteiger partial charge on any atom is -0.364 e. The van der Waals surface area contributed by atoms with E-state index < -0.39 is 6.29 Å². The van der Waals surface area contributed by atoms with Crippen LogP contribution in [0.25, 0.3) is 0 Å². The van der Waals surface area contributed by atoms with Gasteiger partial charge in [-0.05, 0) is 5.41 Å². The molecule has 0 saturated heterocycles. The van der Waals surface area contributed by atoms with Gasteiger partial charge >= 0.3 is 0 Å². The maximum absolute atomic E-state index is 9.66. The van der Waals surface area contributed by atoms with Crippen LogP contribution in [-0.4, -0.2) is 11.7 Å². The molecule has 0 aliphatic heterocycles. The minimum absolute atomic E-state index is 0.0791. The number of ether oxygens (including phenoxy) is 1. The van der Waals surface area contributed by atoms with E-state index in [9.17, 15) is 5.11 Å². The van der Waals surface area contributed by atoms with E-state index in [4.69, 9.17) is 4.74 Å². The van der Waals surface area contributed by atoms with Crippen molar-refractivity contribution < 1.29 is 9.84 Å². The molecule has 0 radical (unpaired) electrons. The van der Waals surface area contributed by atoms with Crippen molar-refractivity contribution in [2.24, 2.45) is 5.41 Å². The summed E-state index contributed by atoms with van der Waals surface area (Å²) in [5, 5.41) is 9.66. The van der Waals surface area contributed by atoms with E-state index in [1.807, 2.05) is 30.3 Å². The Morgan fingerprint density at radius 1 is 1.21 bits per heavy atom. The molecule has 2 heteroatoms. The molecular formula is C12H18O2. The fourth-order valence-corrected chi connectivity index (χ4v) is 1.04. The van der Waals surface area contributed by atoms with E-state index in [2.05, 4.69) is 20.8 Å². The van der Waals surface area contributed by atoms with Gasteiger partial charge in [0.1, 0.15) is 0 Å². The molecule has 1 rings (SSSR count). The first-order chi connectivity index (χ1) is 6.49. The van der Waals surface area contributed by atoms with Crippen molar-refractivity contribution in [3.05, 3.63) is 35.9 Å². The second-order valence-electron chi connectivity index (χ2n) is 4.63. The molecule has 1 aromatic carbocycles. The van der Waals surface area contributed by atoms with Crippen LogP contribution >= 0.6 is 0 Å². The zero-order chi connectivity index (χ0) is 10.6. The van der Waals surface area contributed by atoms with Crippen LogP contribution < -0.4 is 0 Å². The minimum atomic E-state index is -0.810. The normalized spacial score (nSPS) is 14.0. The van der Waals surface area contributed by atoms with Crippen molar-refractivity contribution in [2.45, 2.75) is 27.1 Å². The van der Waals surface area contributed by atoms with Crippen molar-refractivity contribution in [3.8, 4) is 0 Å². The van der Waals surface area contributed by atoms with Crippen LogP contribution in [0.15, 0.2) is 30.3 Å². The Bertz CT molecular complexity index is 261. The summed E-state index contributed by atoms with van der Waals surface area (Å²) in [4.78, 5) is 0. The molecule has 1 N–H and O–H groups in total. The Labute approximate surface area is 85.5 Å². The topological polar surface area (TPSA) is 29.5 Å². The number of rotatable bonds is 3. The van der Waals surface area contributed by atoms with Gasteiger partial charge in [-0.3, -0.25) is 0 Å². The lowest BCUT2D eigenvalue weighted by Gasteiger charge is -2.21. The van der Waals surface area contributed by atoms with Crippen LogP contribution in [0.3, 0.4) is 0 Å². The van der Waals surface area contributed by atoms with Crippen molar-refractivity contribution in [1.82, 2.24) is 0 Å². The van der Waals surface area contributed by atoms with Gasteiger partial charge in [-0.2, -0.15) is 0 Å². The van der Waals surface area contributed by atoms with Crippen molar-refractivity contribution in [2.75, 3.05) is 6.61 Å². The summed E-state index contributed by atoms with van der Waals surface area (Å²) in [5.41, 5.74) is 0.882. The fourth-order valence-electron chi connectivity index (χ4n) is 1.04. The average Bonchev–Trinajstić information content (AvgIpc) is 2.14.